The molecule has 3 heteroatoms. The van der Waals surface area contributed by atoms with E-state index in [1.807, 2.05) is 18.2 Å². The Labute approximate surface area is 113 Å². The Kier molecular flexibility index (Phi) is 3.27. The van der Waals surface area contributed by atoms with Gasteiger partial charge in [-0.1, -0.05) is 0 Å². The number of rotatable bonds is 3. The number of benzene rings is 1. The zero-order valence-electron chi connectivity index (χ0n) is 11.2. The van der Waals surface area contributed by atoms with Crippen molar-refractivity contribution >= 4 is 11.0 Å². The van der Waals surface area contributed by atoms with E-state index in [9.17, 15) is 0 Å². The Bertz CT molecular complexity index is 630. The molecule has 0 aliphatic carbocycles. The number of fused-ring (bicyclic) bond motifs is 1. The normalized spacial score (nSPS) is 18.8. The summed E-state index contributed by atoms with van der Waals surface area (Å²) in [5.41, 5.74) is 2.72. The van der Waals surface area contributed by atoms with E-state index in [1.54, 1.807) is 0 Å². The van der Waals surface area contributed by atoms with E-state index in [4.69, 9.17) is 9.68 Å². The van der Waals surface area contributed by atoms with Gasteiger partial charge < -0.3 is 9.73 Å². The molecule has 0 saturated carbocycles. The minimum Gasteiger partial charge on any atom is -0.461 e. The summed E-state index contributed by atoms with van der Waals surface area (Å²) in [6.07, 6.45) is 4.67. The van der Waals surface area contributed by atoms with E-state index in [2.05, 4.69) is 18.3 Å². The number of nitrogens with one attached hydrogen (secondary N) is 1. The molecule has 0 spiro atoms. The lowest BCUT2D eigenvalue weighted by Crippen LogP contribution is -2.21. The first-order chi connectivity index (χ1) is 9.28. The van der Waals surface area contributed by atoms with Crippen LogP contribution < -0.4 is 5.32 Å². The van der Waals surface area contributed by atoms with E-state index in [1.165, 1.54) is 18.4 Å². The van der Waals surface area contributed by atoms with Crippen LogP contribution in [-0.4, -0.2) is 12.6 Å². The highest BCUT2D eigenvalue weighted by molar-refractivity contribution is 5.83. The molecule has 1 aliphatic heterocycles. The fraction of sp³-hybridized carbons (Fsp3) is 0.438. The first kappa shape index (κ1) is 12.3. The molecule has 1 N–H and O–H groups in total. The Balaban J connectivity index is 1.83. The van der Waals surface area contributed by atoms with Crippen molar-refractivity contribution < 1.29 is 4.42 Å². The highest BCUT2D eigenvalue weighted by Crippen LogP contribution is 2.27. The summed E-state index contributed by atoms with van der Waals surface area (Å²) < 4.78 is 5.92. The van der Waals surface area contributed by atoms with Gasteiger partial charge in [-0.2, -0.15) is 5.26 Å². The molecule has 98 valence electrons. The Morgan fingerprint density at radius 2 is 2.37 bits per heavy atom. The predicted molar refractivity (Wildman–Crippen MR) is 75.0 cm³/mol. The van der Waals surface area contributed by atoms with Gasteiger partial charge in [0.2, 0.25) is 0 Å². The number of furan rings is 1. The van der Waals surface area contributed by atoms with Crippen molar-refractivity contribution in [2.24, 2.45) is 0 Å². The molecule has 2 heterocycles. The molecule has 19 heavy (non-hydrogen) atoms. The number of hydrogen-bond acceptors (Lipinski definition) is 3. The maximum Gasteiger partial charge on any atom is 0.135 e. The van der Waals surface area contributed by atoms with Gasteiger partial charge in [-0.05, 0) is 56.5 Å². The molecular weight excluding hydrogens is 236 g/mol. The molecule has 1 aromatic carbocycles. The zero-order chi connectivity index (χ0) is 13.2. The summed E-state index contributed by atoms with van der Waals surface area (Å²) in [5.74, 6) is 1.07. The summed E-state index contributed by atoms with van der Waals surface area (Å²) in [5, 5.41) is 13.6. The summed E-state index contributed by atoms with van der Waals surface area (Å²) in [4.78, 5) is 0. The largest absolute Gasteiger partial charge is 0.461 e. The third kappa shape index (κ3) is 2.36. The van der Waals surface area contributed by atoms with E-state index in [-0.39, 0.29) is 0 Å². The summed E-state index contributed by atoms with van der Waals surface area (Å²) >= 11 is 0. The smallest absolute Gasteiger partial charge is 0.135 e. The molecule has 0 bridgehead atoms. The average molecular weight is 254 g/mol. The van der Waals surface area contributed by atoms with Crippen LogP contribution in [-0.2, 0) is 6.42 Å². The fourth-order valence-corrected chi connectivity index (χ4v) is 2.89. The topological polar surface area (TPSA) is 49.0 Å². The van der Waals surface area contributed by atoms with Crippen LogP contribution in [0, 0.1) is 18.3 Å². The number of nitriles is 1. The van der Waals surface area contributed by atoms with Crippen LogP contribution >= 0.6 is 0 Å². The maximum atomic E-state index is 8.92. The van der Waals surface area contributed by atoms with Crippen molar-refractivity contribution in [1.29, 1.82) is 5.26 Å². The van der Waals surface area contributed by atoms with Crippen molar-refractivity contribution in [3.8, 4) is 6.07 Å². The molecule has 0 amide bonds. The molecule has 1 aromatic heterocycles. The van der Waals surface area contributed by atoms with Crippen molar-refractivity contribution in [1.82, 2.24) is 5.32 Å². The van der Waals surface area contributed by atoms with Gasteiger partial charge in [0.15, 0.2) is 0 Å². The quantitative estimate of drug-likeness (QED) is 0.914. The van der Waals surface area contributed by atoms with Gasteiger partial charge in [-0.25, -0.2) is 0 Å². The van der Waals surface area contributed by atoms with Crippen LogP contribution in [0.25, 0.3) is 11.0 Å². The van der Waals surface area contributed by atoms with Gasteiger partial charge >= 0.3 is 0 Å². The molecule has 1 unspecified atom stereocenters. The Morgan fingerprint density at radius 1 is 1.47 bits per heavy atom. The van der Waals surface area contributed by atoms with Gasteiger partial charge in [0.1, 0.15) is 11.3 Å². The summed E-state index contributed by atoms with van der Waals surface area (Å²) in [6, 6.07) is 8.47. The molecule has 2 aromatic rings. The second kappa shape index (κ2) is 5.07. The monoisotopic (exact) mass is 254 g/mol. The molecule has 1 fully saturated rings. The maximum absolute atomic E-state index is 8.92. The molecule has 3 nitrogen and oxygen atoms in total. The van der Waals surface area contributed by atoms with Crippen molar-refractivity contribution in [3.05, 3.63) is 35.1 Å². The van der Waals surface area contributed by atoms with E-state index >= 15 is 0 Å². The van der Waals surface area contributed by atoms with Gasteiger partial charge in [-0.3, -0.25) is 0 Å². The van der Waals surface area contributed by atoms with Gasteiger partial charge in [0.25, 0.3) is 0 Å². The first-order valence-corrected chi connectivity index (χ1v) is 6.93. The van der Waals surface area contributed by atoms with Crippen molar-refractivity contribution in [2.45, 2.75) is 38.6 Å². The second-order valence-corrected chi connectivity index (χ2v) is 5.30. The molecule has 0 radical (unpaired) electrons. The fourth-order valence-electron chi connectivity index (χ4n) is 2.89. The Hall–Kier alpha value is -1.79. The summed E-state index contributed by atoms with van der Waals surface area (Å²) in [6.45, 7) is 3.25. The highest BCUT2D eigenvalue weighted by atomic mass is 16.3. The van der Waals surface area contributed by atoms with Crippen molar-refractivity contribution in [2.75, 3.05) is 6.54 Å². The van der Waals surface area contributed by atoms with Gasteiger partial charge in [-0.15, -0.1) is 0 Å². The second-order valence-electron chi connectivity index (χ2n) is 5.30. The highest BCUT2D eigenvalue weighted by Gasteiger charge is 2.16. The van der Waals surface area contributed by atoms with Crippen LogP contribution in [0.15, 0.2) is 22.6 Å². The van der Waals surface area contributed by atoms with E-state index in [0.717, 1.165) is 36.1 Å². The lowest BCUT2D eigenvalue weighted by atomic mass is 10.0. The Morgan fingerprint density at radius 3 is 3.11 bits per heavy atom. The zero-order valence-corrected chi connectivity index (χ0v) is 11.2. The minimum atomic E-state index is 0.641. The van der Waals surface area contributed by atoms with E-state index in [0.29, 0.717) is 11.6 Å². The molecular formula is C16H18N2O. The van der Waals surface area contributed by atoms with Crippen LogP contribution in [0.2, 0.25) is 0 Å². The molecule has 1 saturated heterocycles. The van der Waals surface area contributed by atoms with Gasteiger partial charge in [0.05, 0.1) is 11.6 Å². The molecule has 3 rings (SSSR count). The van der Waals surface area contributed by atoms with Crippen LogP contribution in [0.5, 0.6) is 0 Å². The van der Waals surface area contributed by atoms with Crippen LogP contribution in [0.4, 0.5) is 0 Å². The first-order valence-electron chi connectivity index (χ1n) is 6.93. The molecule has 1 aliphatic rings. The van der Waals surface area contributed by atoms with Crippen LogP contribution in [0.3, 0.4) is 0 Å². The summed E-state index contributed by atoms with van der Waals surface area (Å²) in [7, 11) is 0. The van der Waals surface area contributed by atoms with E-state index < -0.39 is 0 Å². The third-order valence-corrected chi connectivity index (χ3v) is 4.05. The van der Waals surface area contributed by atoms with Crippen molar-refractivity contribution in [3.63, 3.8) is 0 Å². The predicted octanol–water partition coefficient (Wildman–Crippen LogP) is 3.30. The standard InChI is InChI=1S/C16H18N2O/c1-11-14-6-4-12(10-17)9-16(14)19-15(11)7-5-13-3-2-8-18-13/h4,6,9,13,18H,2-3,5,7-8H2,1H3. The minimum absolute atomic E-state index is 0.641. The van der Waals surface area contributed by atoms with Gasteiger partial charge in [0, 0.05) is 17.8 Å². The number of hydrogen-bond donors (Lipinski definition) is 1. The number of aryl methyl sites for hydroxylation is 2. The molecule has 1 atom stereocenters. The lowest BCUT2D eigenvalue weighted by Gasteiger charge is -2.08. The third-order valence-electron chi connectivity index (χ3n) is 4.05. The van der Waals surface area contributed by atoms with Crippen LogP contribution in [0.1, 0.15) is 36.1 Å². The SMILES string of the molecule is Cc1c(CCC2CCCN2)oc2cc(C#N)ccc12. The lowest BCUT2D eigenvalue weighted by molar-refractivity contribution is 0.492. The average Bonchev–Trinajstić information content (AvgIpc) is 3.04. The number of nitrogens with zero attached hydrogens (tertiary/aromatic N) is 1.